The number of nitrogens with zero attached hydrogens (tertiary/aromatic N) is 2. The van der Waals surface area contributed by atoms with Gasteiger partial charge in [0.25, 0.3) is 0 Å². The molecule has 3 aromatic rings. The number of para-hydroxylation sites is 2. The summed E-state index contributed by atoms with van der Waals surface area (Å²) in [5.41, 5.74) is 2.26. The maximum Gasteiger partial charge on any atom is 0.148 e. The number of hydrogen-bond donors (Lipinski definition) is 0. The van der Waals surface area contributed by atoms with Crippen LogP contribution in [-0.4, -0.2) is 9.55 Å². The molecule has 0 radical (unpaired) electrons. The topological polar surface area (TPSA) is 17.8 Å². The van der Waals surface area contributed by atoms with E-state index in [1.54, 1.807) is 17.0 Å². The fourth-order valence-electron chi connectivity index (χ4n) is 1.83. The predicted molar refractivity (Wildman–Crippen MR) is 68.7 cm³/mol. The van der Waals surface area contributed by atoms with Gasteiger partial charge in [-0.15, -0.1) is 0 Å². The van der Waals surface area contributed by atoms with E-state index in [2.05, 4.69) is 20.9 Å². The molecule has 0 N–H and O–H groups in total. The Labute approximate surface area is 106 Å². The van der Waals surface area contributed by atoms with Crippen molar-refractivity contribution in [2.75, 3.05) is 0 Å². The van der Waals surface area contributed by atoms with Gasteiger partial charge in [0.1, 0.15) is 12.1 Å². The largest absolute Gasteiger partial charge is 0.296 e. The Morgan fingerprint density at radius 3 is 2.76 bits per heavy atom. The van der Waals surface area contributed by atoms with Crippen molar-refractivity contribution in [2.45, 2.75) is 0 Å². The zero-order chi connectivity index (χ0) is 11.8. The van der Waals surface area contributed by atoms with E-state index in [1.807, 2.05) is 30.3 Å². The fraction of sp³-hybridized carbons (Fsp3) is 0. The SMILES string of the molecule is Fc1cc(Br)ccc1-n1cnc2ccccc21. The first-order chi connectivity index (χ1) is 8.25. The van der Waals surface area contributed by atoms with Gasteiger partial charge in [-0.2, -0.15) is 0 Å². The van der Waals surface area contributed by atoms with Crippen molar-refractivity contribution in [3.8, 4) is 5.69 Å². The van der Waals surface area contributed by atoms with Crippen LogP contribution in [0.2, 0.25) is 0 Å². The number of imidazole rings is 1. The minimum Gasteiger partial charge on any atom is -0.296 e. The van der Waals surface area contributed by atoms with Gasteiger partial charge >= 0.3 is 0 Å². The van der Waals surface area contributed by atoms with E-state index in [-0.39, 0.29) is 5.82 Å². The standard InChI is InChI=1S/C13H8BrFN2/c14-9-5-6-12(10(15)7-9)17-8-16-11-3-1-2-4-13(11)17/h1-8H. The summed E-state index contributed by atoms with van der Waals surface area (Å²) in [5, 5.41) is 0. The van der Waals surface area contributed by atoms with Gasteiger partial charge in [-0.05, 0) is 30.3 Å². The Bertz CT molecular complexity index is 691. The lowest BCUT2D eigenvalue weighted by Gasteiger charge is -2.05. The molecular formula is C13H8BrFN2. The highest BCUT2D eigenvalue weighted by atomic mass is 79.9. The minimum atomic E-state index is -0.275. The zero-order valence-electron chi connectivity index (χ0n) is 8.77. The maximum absolute atomic E-state index is 13.9. The van der Waals surface area contributed by atoms with E-state index in [0.717, 1.165) is 15.5 Å². The molecule has 3 rings (SSSR count). The molecule has 84 valence electrons. The van der Waals surface area contributed by atoms with Gasteiger partial charge in [-0.1, -0.05) is 28.1 Å². The first kappa shape index (κ1) is 10.5. The Morgan fingerprint density at radius 2 is 1.94 bits per heavy atom. The minimum absolute atomic E-state index is 0.275. The third-order valence-electron chi connectivity index (χ3n) is 2.62. The van der Waals surface area contributed by atoms with Crippen LogP contribution in [0, 0.1) is 5.82 Å². The van der Waals surface area contributed by atoms with E-state index in [1.165, 1.54) is 6.07 Å². The molecule has 0 aliphatic carbocycles. The first-order valence-electron chi connectivity index (χ1n) is 5.13. The Kier molecular flexibility index (Phi) is 2.44. The van der Waals surface area contributed by atoms with E-state index in [4.69, 9.17) is 0 Å². The van der Waals surface area contributed by atoms with Crippen molar-refractivity contribution in [2.24, 2.45) is 0 Å². The second-order valence-corrected chi connectivity index (χ2v) is 4.61. The molecular weight excluding hydrogens is 283 g/mol. The molecule has 0 aliphatic rings. The molecule has 0 fully saturated rings. The third-order valence-corrected chi connectivity index (χ3v) is 3.12. The lowest BCUT2D eigenvalue weighted by molar-refractivity contribution is 0.618. The molecule has 0 amide bonds. The van der Waals surface area contributed by atoms with Crippen LogP contribution < -0.4 is 0 Å². The van der Waals surface area contributed by atoms with Crippen LogP contribution in [0.1, 0.15) is 0 Å². The van der Waals surface area contributed by atoms with Crippen LogP contribution >= 0.6 is 15.9 Å². The monoisotopic (exact) mass is 290 g/mol. The summed E-state index contributed by atoms with van der Waals surface area (Å²) >= 11 is 3.24. The van der Waals surface area contributed by atoms with Gasteiger partial charge in [0, 0.05) is 4.47 Å². The average molecular weight is 291 g/mol. The fourth-order valence-corrected chi connectivity index (χ4v) is 2.16. The van der Waals surface area contributed by atoms with Crippen molar-refractivity contribution in [1.82, 2.24) is 9.55 Å². The van der Waals surface area contributed by atoms with Crippen LogP contribution in [0.3, 0.4) is 0 Å². The molecule has 2 aromatic carbocycles. The molecule has 17 heavy (non-hydrogen) atoms. The number of rotatable bonds is 1. The maximum atomic E-state index is 13.9. The second-order valence-electron chi connectivity index (χ2n) is 3.70. The highest BCUT2D eigenvalue weighted by Crippen LogP contribution is 2.22. The summed E-state index contributed by atoms with van der Waals surface area (Å²) in [6.07, 6.45) is 1.64. The van der Waals surface area contributed by atoms with Crippen molar-refractivity contribution in [3.05, 3.63) is 59.1 Å². The van der Waals surface area contributed by atoms with Crippen molar-refractivity contribution in [3.63, 3.8) is 0 Å². The highest BCUT2D eigenvalue weighted by Gasteiger charge is 2.08. The van der Waals surface area contributed by atoms with E-state index >= 15 is 0 Å². The second kappa shape index (κ2) is 3.96. The van der Waals surface area contributed by atoms with Crippen LogP contribution in [0.5, 0.6) is 0 Å². The summed E-state index contributed by atoms with van der Waals surface area (Å²) in [4.78, 5) is 4.24. The molecule has 0 unspecified atom stereocenters. The predicted octanol–water partition coefficient (Wildman–Crippen LogP) is 3.93. The van der Waals surface area contributed by atoms with E-state index < -0.39 is 0 Å². The molecule has 0 saturated heterocycles. The van der Waals surface area contributed by atoms with Gasteiger partial charge in [0.2, 0.25) is 0 Å². The third kappa shape index (κ3) is 1.74. The van der Waals surface area contributed by atoms with Crippen LogP contribution in [0.25, 0.3) is 16.7 Å². The van der Waals surface area contributed by atoms with Gasteiger partial charge in [0.15, 0.2) is 0 Å². The summed E-state index contributed by atoms with van der Waals surface area (Å²) in [7, 11) is 0. The summed E-state index contributed by atoms with van der Waals surface area (Å²) in [6, 6.07) is 12.6. The van der Waals surface area contributed by atoms with Gasteiger partial charge in [-0.3, -0.25) is 4.57 Å². The molecule has 2 nitrogen and oxygen atoms in total. The quantitative estimate of drug-likeness (QED) is 0.664. The highest BCUT2D eigenvalue weighted by molar-refractivity contribution is 9.10. The van der Waals surface area contributed by atoms with Crippen LogP contribution in [-0.2, 0) is 0 Å². The zero-order valence-corrected chi connectivity index (χ0v) is 10.4. The molecule has 0 atom stereocenters. The summed E-state index contributed by atoms with van der Waals surface area (Å²) in [6.45, 7) is 0. The van der Waals surface area contributed by atoms with E-state index in [0.29, 0.717) is 5.69 Å². The van der Waals surface area contributed by atoms with Gasteiger partial charge in [-0.25, -0.2) is 9.37 Å². The number of halogens is 2. The van der Waals surface area contributed by atoms with Crippen molar-refractivity contribution >= 4 is 27.0 Å². The summed E-state index contributed by atoms with van der Waals surface area (Å²) in [5.74, 6) is -0.275. The van der Waals surface area contributed by atoms with Crippen molar-refractivity contribution in [1.29, 1.82) is 0 Å². The number of fused-ring (bicyclic) bond motifs is 1. The molecule has 1 aromatic heterocycles. The summed E-state index contributed by atoms with van der Waals surface area (Å²) < 4.78 is 16.3. The van der Waals surface area contributed by atoms with Crippen LogP contribution in [0.4, 0.5) is 4.39 Å². The molecule has 0 aliphatic heterocycles. The Balaban J connectivity index is 2.27. The number of benzene rings is 2. The number of aromatic nitrogens is 2. The van der Waals surface area contributed by atoms with Crippen LogP contribution in [0.15, 0.2) is 53.3 Å². The normalized spacial score (nSPS) is 10.9. The lowest BCUT2D eigenvalue weighted by Crippen LogP contribution is -1.95. The van der Waals surface area contributed by atoms with Gasteiger partial charge in [0.05, 0.1) is 16.7 Å². The Hall–Kier alpha value is -1.68. The molecule has 1 heterocycles. The Morgan fingerprint density at radius 1 is 1.12 bits per heavy atom. The molecule has 0 saturated carbocycles. The molecule has 0 bridgehead atoms. The van der Waals surface area contributed by atoms with Gasteiger partial charge < -0.3 is 0 Å². The van der Waals surface area contributed by atoms with E-state index in [9.17, 15) is 4.39 Å². The molecule has 4 heteroatoms. The lowest BCUT2D eigenvalue weighted by atomic mass is 10.2. The number of hydrogen-bond acceptors (Lipinski definition) is 1. The average Bonchev–Trinajstić information content (AvgIpc) is 2.73. The smallest absolute Gasteiger partial charge is 0.148 e. The first-order valence-corrected chi connectivity index (χ1v) is 5.92. The molecule has 0 spiro atoms. The van der Waals surface area contributed by atoms with Crippen molar-refractivity contribution < 1.29 is 4.39 Å².